The first-order valence-corrected chi connectivity index (χ1v) is 18.5. The van der Waals surface area contributed by atoms with E-state index in [9.17, 15) is 19.2 Å². The highest BCUT2D eigenvalue weighted by molar-refractivity contribution is 6.30. The van der Waals surface area contributed by atoms with Crippen molar-refractivity contribution in [3.63, 3.8) is 0 Å². The van der Waals surface area contributed by atoms with E-state index in [0.717, 1.165) is 47.7 Å². The van der Waals surface area contributed by atoms with Crippen LogP contribution in [0.4, 0.5) is 0 Å². The van der Waals surface area contributed by atoms with Crippen molar-refractivity contribution < 1.29 is 23.9 Å². The molecule has 4 rings (SSSR count). The highest BCUT2D eigenvalue weighted by Crippen LogP contribution is 2.24. The first-order chi connectivity index (χ1) is 24.7. The molecule has 3 aromatic carbocycles. The molecular formula is C41H51ClN4O5. The van der Waals surface area contributed by atoms with Gasteiger partial charge in [0.2, 0.25) is 11.8 Å². The Morgan fingerprint density at radius 2 is 1.61 bits per heavy atom. The number of halogens is 1. The molecule has 51 heavy (non-hydrogen) atoms. The van der Waals surface area contributed by atoms with Crippen LogP contribution in [-0.2, 0) is 32.3 Å². The molecule has 3 amide bonds. The summed E-state index contributed by atoms with van der Waals surface area (Å²) in [6.07, 6.45) is 7.74. The van der Waals surface area contributed by atoms with Crippen molar-refractivity contribution in [1.29, 1.82) is 0 Å². The number of esters is 1. The molecule has 0 spiro atoms. The van der Waals surface area contributed by atoms with Crippen molar-refractivity contribution in [2.75, 3.05) is 6.54 Å². The second-order valence-electron chi connectivity index (χ2n) is 13.1. The fourth-order valence-electron chi connectivity index (χ4n) is 6.47. The number of amides is 3. The molecule has 2 atom stereocenters. The Hall–Kier alpha value is -4.63. The molecule has 272 valence electrons. The van der Waals surface area contributed by atoms with Crippen LogP contribution >= 0.6 is 11.6 Å². The maximum absolute atomic E-state index is 14.5. The fourth-order valence-corrected chi connectivity index (χ4v) is 6.68. The van der Waals surface area contributed by atoms with E-state index in [0.29, 0.717) is 42.9 Å². The van der Waals surface area contributed by atoms with Crippen LogP contribution in [-0.4, -0.2) is 51.8 Å². The number of unbranched alkanes of at least 4 members (excludes halogenated alkanes) is 3. The Bertz CT molecular complexity index is 1740. The lowest BCUT2D eigenvalue weighted by atomic mass is 10.00. The zero-order valence-corrected chi connectivity index (χ0v) is 30.6. The van der Waals surface area contributed by atoms with Gasteiger partial charge in [-0.1, -0.05) is 112 Å². The monoisotopic (exact) mass is 714 g/mol. The van der Waals surface area contributed by atoms with E-state index in [2.05, 4.69) is 12.2 Å². The maximum atomic E-state index is 14.5. The second-order valence-corrected chi connectivity index (χ2v) is 13.5. The molecule has 3 N–H and O–H groups in total. The molecule has 4 aromatic rings. The number of carbonyl (C=O) groups is 4. The van der Waals surface area contributed by atoms with Crippen LogP contribution in [0, 0.1) is 0 Å². The molecule has 0 saturated carbocycles. The topological polar surface area (TPSA) is 124 Å². The summed E-state index contributed by atoms with van der Waals surface area (Å²) in [6, 6.07) is 23.3. The molecule has 0 unspecified atom stereocenters. The summed E-state index contributed by atoms with van der Waals surface area (Å²) in [4.78, 5) is 55.2. The third-order valence-electron chi connectivity index (χ3n) is 9.01. The molecule has 1 aromatic heterocycles. The van der Waals surface area contributed by atoms with Crippen LogP contribution in [0.2, 0.25) is 5.02 Å². The number of ether oxygens (including phenoxy) is 1. The number of aromatic nitrogens is 1. The minimum Gasteiger partial charge on any atom is -0.461 e. The summed E-state index contributed by atoms with van der Waals surface area (Å²) >= 11 is 6.25. The number of nitrogens with zero attached hydrogens (tertiary/aromatic N) is 2. The fraction of sp³-hybridized carbons (Fsp3) is 0.415. The van der Waals surface area contributed by atoms with Gasteiger partial charge in [-0.05, 0) is 55.0 Å². The summed E-state index contributed by atoms with van der Waals surface area (Å²) in [5.74, 6) is -1.54. The van der Waals surface area contributed by atoms with Crippen molar-refractivity contribution in [2.45, 2.75) is 103 Å². The Labute approximate surface area is 306 Å². The Balaban J connectivity index is 1.58. The largest absolute Gasteiger partial charge is 0.461 e. The van der Waals surface area contributed by atoms with Gasteiger partial charge in [0.05, 0.1) is 5.56 Å². The van der Waals surface area contributed by atoms with Gasteiger partial charge in [0.1, 0.15) is 12.6 Å². The predicted octanol–water partition coefficient (Wildman–Crippen LogP) is 7.81. The molecule has 10 heteroatoms. The van der Waals surface area contributed by atoms with Crippen molar-refractivity contribution in [1.82, 2.24) is 14.8 Å². The van der Waals surface area contributed by atoms with Crippen LogP contribution in [0.25, 0.3) is 10.9 Å². The number of benzene rings is 3. The quantitative estimate of drug-likeness (QED) is 0.0673. The SMILES string of the molecule is CCCCCC[C@@H](CC(N)=O)N(CCC)C(=O)[C@H](CCCC(=O)OCc1ccccc1)NC(=O)c1cn(Cc2cccc(Cl)c2)c2ccccc12. The van der Waals surface area contributed by atoms with Crippen LogP contribution in [0.3, 0.4) is 0 Å². The summed E-state index contributed by atoms with van der Waals surface area (Å²) in [5.41, 5.74) is 8.86. The van der Waals surface area contributed by atoms with Gasteiger partial charge in [0.15, 0.2) is 0 Å². The molecule has 1 heterocycles. The van der Waals surface area contributed by atoms with Gasteiger partial charge in [0.25, 0.3) is 5.91 Å². The normalized spacial score (nSPS) is 12.3. The highest BCUT2D eigenvalue weighted by Gasteiger charge is 2.32. The lowest BCUT2D eigenvalue weighted by Gasteiger charge is -2.34. The molecule has 0 aliphatic rings. The number of nitrogens with one attached hydrogen (secondary N) is 1. The number of primary amides is 1. The summed E-state index contributed by atoms with van der Waals surface area (Å²) in [7, 11) is 0. The van der Waals surface area contributed by atoms with Crippen molar-refractivity contribution in [3.8, 4) is 0 Å². The summed E-state index contributed by atoms with van der Waals surface area (Å²) in [5, 5.41) is 4.41. The highest BCUT2D eigenvalue weighted by atomic mass is 35.5. The third kappa shape index (κ3) is 12.0. The van der Waals surface area contributed by atoms with Crippen LogP contribution in [0.5, 0.6) is 0 Å². The van der Waals surface area contributed by atoms with Gasteiger partial charge in [-0.25, -0.2) is 0 Å². The number of hydrogen-bond acceptors (Lipinski definition) is 5. The molecule has 0 aliphatic heterocycles. The standard InChI is InChI=1S/C41H51ClN4O5/c1-3-5-6-10-19-33(26-38(43)47)46(24-4-2)41(50)36(21-14-23-39(48)51-29-30-15-8-7-9-16-30)44-40(49)35-28-45(37-22-12-11-20-34(35)37)27-31-17-13-18-32(42)25-31/h7-9,11-13,15-18,20,22,25,28,33,36H,3-6,10,14,19,21,23-24,26-27,29H2,1-2H3,(H2,43,47)(H,44,49)/t33-,36-/m0/s1. The van der Waals surface area contributed by atoms with Crippen LogP contribution < -0.4 is 11.1 Å². The average molecular weight is 715 g/mol. The van der Waals surface area contributed by atoms with Gasteiger partial charge in [0, 0.05) is 54.1 Å². The van der Waals surface area contributed by atoms with Crippen molar-refractivity contribution in [3.05, 3.63) is 107 Å². The molecule has 0 bridgehead atoms. The van der Waals surface area contributed by atoms with E-state index < -0.39 is 17.9 Å². The number of para-hydroxylation sites is 1. The van der Waals surface area contributed by atoms with E-state index in [1.165, 1.54) is 0 Å². The van der Waals surface area contributed by atoms with Gasteiger partial charge in [-0.3, -0.25) is 19.2 Å². The summed E-state index contributed by atoms with van der Waals surface area (Å²) < 4.78 is 7.47. The van der Waals surface area contributed by atoms with Crippen molar-refractivity contribution >= 4 is 46.2 Å². The molecule has 0 radical (unpaired) electrons. The number of rotatable bonds is 21. The number of fused-ring (bicyclic) bond motifs is 1. The molecule has 0 fully saturated rings. The Kier molecular flexibility index (Phi) is 15.6. The minimum atomic E-state index is -0.938. The van der Waals surface area contributed by atoms with Crippen LogP contribution in [0.15, 0.2) is 85.1 Å². The number of carbonyl (C=O) groups excluding carboxylic acids is 4. The molecule has 9 nitrogen and oxygen atoms in total. The van der Waals surface area contributed by atoms with E-state index in [1.807, 2.05) is 90.4 Å². The lowest BCUT2D eigenvalue weighted by molar-refractivity contribution is -0.145. The zero-order valence-electron chi connectivity index (χ0n) is 29.8. The number of hydrogen-bond donors (Lipinski definition) is 2. The van der Waals surface area contributed by atoms with Gasteiger partial charge in [-0.2, -0.15) is 0 Å². The minimum absolute atomic E-state index is 0.0430. The first-order valence-electron chi connectivity index (χ1n) is 18.1. The first kappa shape index (κ1) is 39.2. The Morgan fingerprint density at radius 1 is 0.863 bits per heavy atom. The Morgan fingerprint density at radius 3 is 2.33 bits per heavy atom. The van der Waals surface area contributed by atoms with E-state index >= 15 is 0 Å². The van der Waals surface area contributed by atoms with E-state index in [-0.39, 0.29) is 43.8 Å². The molecule has 0 saturated heterocycles. The lowest BCUT2D eigenvalue weighted by Crippen LogP contribution is -2.53. The zero-order chi connectivity index (χ0) is 36.6. The maximum Gasteiger partial charge on any atom is 0.306 e. The second kappa shape index (κ2) is 20.3. The molecule has 0 aliphatic carbocycles. The van der Waals surface area contributed by atoms with Gasteiger partial charge < -0.3 is 25.3 Å². The number of nitrogens with two attached hydrogens (primary N) is 1. The average Bonchev–Trinajstić information content (AvgIpc) is 3.49. The predicted molar refractivity (Wildman–Crippen MR) is 202 cm³/mol. The van der Waals surface area contributed by atoms with Crippen molar-refractivity contribution in [2.24, 2.45) is 5.73 Å². The third-order valence-corrected chi connectivity index (χ3v) is 9.25. The molecular weight excluding hydrogens is 664 g/mol. The van der Waals surface area contributed by atoms with Gasteiger partial charge in [-0.15, -0.1) is 0 Å². The smallest absolute Gasteiger partial charge is 0.306 e. The summed E-state index contributed by atoms with van der Waals surface area (Å²) in [6.45, 7) is 5.18. The van der Waals surface area contributed by atoms with E-state index in [4.69, 9.17) is 22.1 Å². The van der Waals surface area contributed by atoms with Gasteiger partial charge >= 0.3 is 5.97 Å². The van der Waals surface area contributed by atoms with E-state index in [1.54, 1.807) is 11.1 Å². The van der Waals surface area contributed by atoms with Crippen LogP contribution in [0.1, 0.15) is 99.5 Å².